The van der Waals surface area contributed by atoms with Crippen LogP contribution in [-0.4, -0.2) is 5.78 Å². The molecule has 0 saturated heterocycles. The summed E-state index contributed by atoms with van der Waals surface area (Å²) in [7, 11) is 0. The molecule has 1 nitrogen and oxygen atoms in total. The van der Waals surface area contributed by atoms with Gasteiger partial charge in [-0.25, -0.2) is 0 Å². The van der Waals surface area contributed by atoms with E-state index in [1.54, 1.807) is 0 Å². The van der Waals surface area contributed by atoms with Crippen LogP contribution in [0.3, 0.4) is 0 Å². The highest BCUT2D eigenvalue weighted by Crippen LogP contribution is 2.32. The van der Waals surface area contributed by atoms with E-state index in [1.807, 2.05) is 0 Å². The van der Waals surface area contributed by atoms with E-state index in [0.717, 1.165) is 25.2 Å². The van der Waals surface area contributed by atoms with Crippen molar-refractivity contribution in [1.29, 1.82) is 0 Å². The van der Waals surface area contributed by atoms with Gasteiger partial charge < -0.3 is 0 Å². The van der Waals surface area contributed by atoms with E-state index in [9.17, 15) is 4.79 Å². The van der Waals surface area contributed by atoms with Gasteiger partial charge in [-0.3, -0.25) is 4.79 Å². The number of carbonyl (C=O) groups excluding carboxylic acids is 1. The Morgan fingerprint density at radius 2 is 2.17 bits per heavy atom. The topological polar surface area (TPSA) is 17.1 Å². The molecule has 0 aliphatic heterocycles. The highest BCUT2D eigenvalue weighted by Gasteiger charge is 2.30. The van der Waals surface area contributed by atoms with Gasteiger partial charge in [-0.2, -0.15) is 0 Å². The van der Waals surface area contributed by atoms with Crippen LogP contribution in [0.15, 0.2) is 0 Å². The Kier molecular flexibility index (Phi) is 3.30. The minimum Gasteiger partial charge on any atom is -0.299 e. The van der Waals surface area contributed by atoms with Gasteiger partial charge in [0.15, 0.2) is 0 Å². The normalized spacial score (nSPS) is 30.2. The molecule has 0 aromatic heterocycles. The molecule has 70 valence electrons. The summed E-state index contributed by atoms with van der Waals surface area (Å²) in [6, 6.07) is 0. The molecule has 0 amide bonds. The SMILES string of the molecule is CC(C)CCC1C(=O)CCC1C. The zero-order valence-corrected chi connectivity index (χ0v) is 8.47. The molecule has 0 bridgehead atoms. The smallest absolute Gasteiger partial charge is 0.136 e. The van der Waals surface area contributed by atoms with Gasteiger partial charge in [0.1, 0.15) is 5.78 Å². The van der Waals surface area contributed by atoms with Crippen molar-refractivity contribution in [2.45, 2.75) is 46.5 Å². The van der Waals surface area contributed by atoms with Crippen molar-refractivity contribution < 1.29 is 4.79 Å². The van der Waals surface area contributed by atoms with Gasteiger partial charge in [0.2, 0.25) is 0 Å². The second-order valence-electron chi connectivity index (χ2n) is 4.56. The lowest BCUT2D eigenvalue weighted by atomic mass is 9.90. The minimum absolute atomic E-state index is 0.396. The van der Waals surface area contributed by atoms with E-state index in [0.29, 0.717) is 17.6 Å². The molecule has 12 heavy (non-hydrogen) atoms. The van der Waals surface area contributed by atoms with Gasteiger partial charge in [-0.15, -0.1) is 0 Å². The second-order valence-corrected chi connectivity index (χ2v) is 4.56. The summed E-state index contributed by atoms with van der Waals surface area (Å²) < 4.78 is 0. The van der Waals surface area contributed by atoms with Gasteiger partial charge in [0, 0.05) is 12.3 Å². The van der Waals surface area contributed by atoms with Gasteiger partial charge >= 0.3 is 0 Å². The molecule has 0 spiro atoms. The van der Waals surface area contributed by atoms with Crippen molar-refractivity contribution in [3.8, 4) is 0 Å². The summed E-state index contributed by atoms with van der Waals surface area (Å²) in [5.74, 6) is 2.30. The fraction of sp³-hybridized carbons (Fsp3) is 0.909. The number of hydrogen-bond donors (Lipinski definition) is 0. The summed E-state index contributed by atoms with van der Waals surface area (Å²) in [5.41, 5.74) is 0. The molecule has 0 aromatic rings. The van der Waals surface area contributed by atoms with Crippen LogP contribution in [-0.2, 0) is 4.79 Å². The van der Waals surface area contributed by atoms with Crippen molar-refractivity contribution in [1.82, 2.24) is 0 Å². The third-order valence-corrected chi connectivity index (χ3v) is 3.00. The predicted molar refractivity (Wildman–Crippen MR) is 51.0 cm³/mol. The maximum absolute atomic E-state index is 11.4. The molecule has 1 heteroatoms. The predicted octanol–water partition coefficient (Wildman–Crippen LogP) is 3.04. The number of Topliss-reactive ketones (excluding diaryl/α,β-unsaturated/α-hetero) is 1. The summed E-state index contributed by atoms with van der Waals surface area (Å²) in [4.78, 5) is 11.4. The van der Waals surface area contributed by atoms with E-state index in [2.05, 4.69) is 20.8 Å². The van der Waals surface area contributed by atoms with Crippen molar-refractivity contribution in [2.75, 3.05) is 0 Å². The molecule has 1 fully saturated rings. The van der Waals surface area contributed by atoms with E-state index < -0.39 is 0 Å². The summed E-state index contributed by atoms with van der Waals surface area (Å²) in [6.07, 6.45) is 4.30. The highest BCUT2D eigenvalue weighted by molar-refractivity contribution is 5.83. The van der Waals surface area contributed by atoms with Crippen LogP contribution in [0.2, 0.25) is 0 Å². The first kappa shape index (κ1) is 9.76. The lowest BCUT2D eigenvalue weighted by molar-refractivity contribution is -0.121. The van der Waals surface area contributed by atoms with Crippen molar-refractivity contribution in [3.63, 3.8) is 0 Å². The fourth-order valence-electron chi connectivity index (χ4n) is 2.03. The molecule has 0 N–H and O–H groups in total. The molecular weight excluding hydrogens is 148 g/mol. The average molecular weight is 168 g/mol. The fourth-order valence-corrected chi connectivity index (χ4v) is 2.03. The van der Waals surface area contributed by atoms with Gasteiger partial charge in [-0.05, 0) is 24.7 Å². The first-order valence-electron chi connectivity index (χ1n) is 5.14. The Balaban J connectivity index is 2.34. The molecule has 1 saturated carbocycles. The van der Waals surface area contributed by atoms with Crippen LogP contribution >= 0.6 is 0 Å². The minimum atomic E-state index is 0.396. The Labute approximate surface area is 75.5 Å². The number of carbonyl (C=O) groups is 1. The lowest BCUT2D eigenvalue weighted by Gasteiger charge is -2.14. The van der Waals surface area contributed by atoms with Crippen molar-refractivity contribution in [3.05, 3.63) is 0 Å². The third kappa shape index (κ3) is 2.33. The van der Waals surface area contributed by atoms with E-state index >= 15 is 0 Å². The van der Waals surface area contributed by atoms with Crippen LogP contribution in [0.4, 0.5) is 0 Å². The van der Waals surface area contributed by atoms with Crippen molar-refractivity contribution >= 4 is 5.78 Å². The summed E-state index contributed by atoms with van der Waals surface area (Å²) in [5, 5.41) is 0. The monoisotopic (exact) mass is 168 g/mol. The Morgan fingerprint density at radius 1 is 1.50 bits per heavy atom. The summed E-state index contributed by atoms with van der Waals surface area (Å²) in [6.45, 7) is 6.67. The van der Waals surface area contributed by atoms with Crippen LogP contribution in [0, 0.1) is 17.8 Å². The number of ketones is 1. The third-order valence-electron chi connectivity index (χ3n) is 3.00. The van der Waals surface area contributed by atoms with Crippen LogP contribution in [0.1, 0.15) is 46.5 Å². The van der Waals surface area contributed by atoms with Crippen LogP contribution in [0.5, 0.6) is 0 Å². The Hall–Kier alpha value is -0.330. The van der Waals surface area contributed by atoms with Gasteiger partial charge in [0.05, 0.1) is 0 Å². The first-order chi connectivity index (χ1) is 5.61. The van der Waals surface area contributed by atoms with Gasteiger partial charge in [0.25, 0.3) is 0 Å². The molecule has 0 heterocycles. The zero-order chi connectivity index (χ0) is 9.14. The highest BCUT2D eigenvalue weighted by atomic mass is 16.1. The standard InChI is InChI=1S/C11H20O/c1-8(2)4-6-10-9(3)5-7-11(10)12/h8-10H,4-7H2,1-3H3. The largest absolute Gasteiger partial charge is 0.299 e. The Morgan fingerprint density at radius 3 is 2.58 bits per heavy atom. The molecule has 0 radical (unpaired) electrons. The molecule has 2 unspecified atom stereocenters. The van der Waals surface area contributed by atoms with Crippen LogP contribution in [0.25, 0.3) is 0 Å². The first-order valence-corrected chi connectivity index (χ1v) is 5.14. The molecule has 1 aliphatic carbocycles. The van der Waals surface area contributed by atoms with E-state index in [1.165, 1.54) is 6.42 Å². The quantitative estimate of drug-likeness (QED) is 0.633. The van der Waals surface area contributed by atoms with Gasteiger partial charge in [-0.1, -0.05) is 27.2 Å². The molecule has 0 aromatic carbocycles. The maximum atomic E-state index is 11.4. The zero-order valence-electron chi connectivity index (χ0n) is 8.47. The molecular formula is C11H20O. The average Bonchev–Trinajstić information content (AvgIpc) is 2.28. The summed E-state index contributed by atoms with van der Waals surface area (Å²) >= 11 is 0. The molecule has 1 aliphatic rings. The maximum Gasteiger partial charge on any atom is 0.136 e. The van der Waals surface area contributed by atoms with Crippen LogP contribution < -0.4 is 0 Å². The van der Waals surface area contributed by atoms with E-state index in [4.69, 9.17) is 0 Å². The molecule has 2 atom stereocenters. The van der Waals surface area contributed by atoms with E-state index in [-0.39, 0.29) is 0 Å². The second kappa shape index (κ2) is 4.06. The number of rotatable bonds is 3. The van der Waals surface area contributed by atoms with Crippen molar-refractivity contribution in [2.24, 2.45) is 17.8 Å². The number of hydrogen-bond acceptors (Lipinski definition) is 1. The Bertz CT molecular complexity index is 160. The lowest BCUT2D eigenvalue weighted by Crippen LogP contribution is -2.13. The molecule has 1 rings (SSSR count).